The minimum absolute atomic E-state index is 0.0964. The third-order valence-electron chi connectivity index (χ3n) is 12.0. The normalized spacial score (nSPS) is 21.7. The van der Waals surface area contributed by atoms with Crippen molar-refractivity contribution in [2.45, 2.75) is 262 Å². The van der Waals surface area contributed by atoms with Crippen LogP contribution in [0.15, 0.2) is 36.5 Å². The summed E-state index contributed by atoms with van der Waals surface area (Å²) in [7, 11) is -5.12. The van der Waals surface area contributed by atoms with Crippen LogP contribution in [0.25, 0.3) is 0 Å². The fraction of sp³-hybridized carbons (Fsp3) is 0.843. The molecule has 0 aliphatic heterocycles. The van der Waals surface area contributed by atoms with Crippen LogP contribution in [0.3, 0.4) is 0 Å². The highest BCUT2D eigenvalue weighted by Crippen LogP contribution is 2.47. The number of rotatable bonds is 43. The molecule has 0 amide bonds. The predicted molar refractivity (Wildman–Crippen MR) is 258 cm³/mol. The SMILES string of the molecule is CC/C=C/C/C=C/C/C=C/CCCCCCCC(=O)OC[C@H](COP(=O)(O)OC1C(O)C(O)C(O)[C@@H](O)C1O)OC(=O)CCCCCCCCCCCCCCCCCCCCCCC. The smallest absolute Gasteiger partial charge is 0.462 e. The van der Waals surface area contributed by atoms with Crippen LogP contribution in [0.5, 0.6) is 0 Å². The zero-order valence-corrected chi connectivity index (χ0v) is 41.4. The summed E-state index contributed by atoms with van der Waals surface area (Å²) < 4.78 is 33.6. The van der Waals surface area contributed by atoms with E-state index in [1.165, 1.54) is 103 Å². The lowest BCUT2D eigenvalue weighted by Gasteiger charge is -2.41. The van der Waals surface area contributed by atoms with Crippen molar-refractivity contribution in [3.63, 3.8) is 0 Å². The van der Waals surface area contributed by atoms with Crippen molar-refractivity contribution in [2.75, 3.05) is 13.2 Å². The number of carbonyl (C=O) groups is 2. The first kappa shape index (κ1) is 61.1. The Morgan fingerprint density at radius 2 is 0.877 bits per heavy atom. The summed E-state index contributed by atoms with van der Waals surface area (Å²) in [5.74, 6) is -1.11. The maximum Gasteiger partial charge on any atom is 0.472 e. The van der Waals surface area contributed by atoms with E-state index < -0.39 is 75.7 Å². The lowest BCUT2D eigenvalue weighted by molar-refractivity contribution is -0.220. The lowest BCUT2D eigenvalue weighted by Crippen LogP contribution is -2.64. The highest BCUT2D eigenvalue weighted by Gasteiger charge is 2.51. The van der Waals surface area contributed by atoms with Gasteiger partial charge in [0, 0.05) is 12.8 Å². The summed E-state index contributed by atoms with van der Waals surface area (Å²) in [6, 6.07) is 0. The van der Waals surface area contributed by atoms with Gasteiger partial charge in [-0.15, -0.1) is 0 Å². The molecule has 8 atom stereocenters. The quantitative estimate of drug-likeness (QED) is 0.0146. The molecule has 1 saturated carbocycles. The Hall–Kier alpha value is -1.93. The molecule has 13 nitrogen and oxygen atoms in total. The summed E-state index contributed by atoms with van der Waals surface area (Å²) >= 11 is 0. The number of hydrogen-bond acceptors (Lipinski definition) is 12. The fourth-order valence-electron chi connectivity index (χ4n) is 7.89. The molecular formula is C51H93O13P. The molecule has 0 spiro atoms. The number of esters is 2. The Morgan fingerprint density at radius 3 is 1.34 bits per heavy atom. The number of aliphatic hydroxyl groups is 5. The molecule has 380 valence electrons. The average Bonchev–Trinajstić information content (AvgIpc) is 3.29. The second kappa shape index (κ2) is 41.1. The number of aliphatic hydroxyl groups excluding tert-OH is 5. The Balaban J connectivity index is 2.38. The van der Waals surface area contributed by atoms with Gasteiger partial charge in [0.25, 0.3) is 0 Å². The fourth-order valence-corrected chi connectivity index (χ4v) is 8.86. The van der Waals surface area contributed by atoms with Gasteiger partial charge in [-0.05, 0) is 44.9 Å². The molecule has 6 unspecified atom stereocenters. The first-order valence-corrected chi connectivity index (χ1v) is 27.3. The third kappa shape index (κ3) is 33.3. The monoisotopic (exact) mass is 945 g/mol. The number of ether oxygens (including phenoxy) is 2. The predicted octanol–water partition coefficient (Wildman–Crippen LogP) is 11.0. The van der Waals surface area contributed by atoms with E-state index in [4.69, 9.17) is 18.5 Å². The molecule has 1 aliphatic rings. The molecule has 0 aromatic rings. The molecular weight excluding hydrogens is 852 g/mol. The molecule has 1 aliphatic carbocycles. The van der Waals surface area contributed by atoms with Crippen molar-refractivity contribution in [2.24, 2.45) is 0 Å². The van der Waals surface area contributed by atoms with E-state index in [9.17, 15) is 44.6 Å². The molecule has 65 heavy (non-hydrogen) atoms. The minimum atomic E-state index is -5.12. The van der Waals surface area contributed by atoms with Gasteiger partial charge < -0.3 is 39.9 Å². The van der Waals surface area contributed by atoms with Crippen LogP contribution in [0.1, 0.15) is 219 Å². The molecule has 0 aromatic carbocycles. The number of hydrogen-bond donors (Lipinski definition) is 6. The second-order valence-electron chi connectivity index (χ2n) is 18.0. The Bertz CT molecular complexity index is 1280. The maximum absolute atomic E-state index is 12.8. The van der Waals surface area contributed by atoms with Crippen molar-refractivity contribution in [3.8, 4) is 0 Å². The molecule has 1 rings (SSSR count). The summed E-state index contributed by atoms with van der Waals surface area (Å²) in [6.45, 7) is 3.20. The van der Waals surface area contributed by atoms with Gasteiger partial charge >= 0.3 is 19.8 Å². The van der Waals surface area contributed by atoms with Gasteiger partial charge in [-0.1, -0.05) is 198 Å². The first-order valence-electron chi connectivity index (χ1n) is 25.8. The molecule has 0 saturated heterocycles. The van der Waals surface area contributed by atoms with Gasteiger partial charge in [0.15, 0.2) is 6.10 Å². The minimum Gasteiger partial charge on any atom is -0.462 e. The number of unbranched alkanes of at least 4 members (excludes halogenated alkanes) is 25. The van der Waals surface area contributed by atoms with E-state index in [1.807, 2.05) is 0 Å². The van der Waals surface area contributed by atoms with Gasteiger partial charge in [-0.25, -0.2) is 4.57 Å². The van der Waals surface area contributed by atoms with Gasteiger partial charge in [-0.2, -0.15) is 0 Å². The van der Waals surface area contributed by atoms with E-state index in [0.717, 1.165) is 77.0 Å². The molecule has 0 heterocycles. The first-order chi connectivity index (χ1) is 31.4. The molecule has 0 radical (unpaired) electrons. The van der Waals surface area contributed by atoms with Gasteiger partial charge in [0.2, 0.25) is 0 Å². The second-order valence-corrected chi connectivity index (χ2v) is 19.4. The topological polar surface area (TPSA) is 210 Å². The molecule has 0 bridgehead atoms. The van der Waals surface area contributed by atoms with Gasteiger partial charge in [0.1, 0.15) is 43.2 Å². The van der Waals surface area contributed by atoms with E-state index in [2.05, 4.69) is 50.3 Å². The highest BCUT2D eigenvalue weighted by molar-refractivity contribution is 7.47. The average molecular weight is 945 g/mol. The standard InChI is InChI=1S/C51H93O13P/c1-3-5-7-9-11-13-15-17-19-20-21-22-23-24-26-28-30-32-34-36-38-40-45(53)63-43(42-62-65(59,60)64-51-49(57)47(55)46(54)48(56)50(51)58)41-61-44(52)39-37-35-33-31-29-27-25-18-16-14-12-10-8-6-4-2/h6,8,12,14,18,25,43,46-51,54-58H,3-5,7,9-11,13,15-17,19-24,26-42H2,1-2H3,(H,59,60)/b8-6+,14-12+,25-18+/t43-,46?,47-,48?,49?,50?,51?/m1/s1. The van der Waals surface area contributed by atoms with E-state index >= 15 is 0 Å². The van der Waals surface area contributed by atoms with Crippen LogP contribution in [0, 0.1) is 0 Å². The van der Waals surface area contributed by atoms with Crippen LogP contribution < -0.4 is 0 Å². The summed E-state index contributed by atoms with van der Waals surface area (Å²) in [4.78, 5) is 35.8. The van der Waals surface area contributed by atoms with Crippen molar-refractivity contribution in [1.29, 1.82) is 0 Å². The molecule has 14 heteroatoms. The summed E-state index contributed by atoms with van der Waals surface area (Å²) in [5.41, 5.74) is 0. The molecule has 0 aromatic heterocycles. The largest absolute Gasteiger partial charge is 0.472 e. The number of carbonyl (C=O) groups excluding carboxylic acids is 2. The summed E-state index contributed by atoms with van der Waals surface area (Å²) in [5, 5.41) is 50.2. The van der Waals surface area contributed by atoms with Crippen molar-refractivity contribution < 1.29 is 63.1 Å². The van der Waals surface area contributed by atoms with Gasteiger partial charge in [0.05, 0.1) is 6.61 Å². The zero-order valence-electron chi connectivity index (χ0n) is 40.5. The number of phosphoric acid groups is 1. The van der Waals surface area contributed by atoms with E-state index in [1.54, 1.807) is 0 Å². The molecule has 6 N–H and O–H groups in total. The van der Waals surface area contributed by atoms with Crippen LogP contribution >= 0.6 is 7.82 Å². The highest BCUT2D eigenvalue weighted by atomic mass is 31.2. The van der Waals surface area contributed by atoms with Crippen LogP contribution in [-0.2, 0) is 32.7 Å². The maximum atomic E-state index is 12.8. The van der Waals surface area contributed by atoms with E-state index in [-0.39, 0.29) is 12.8 Å². The Morgan fingerprint density at radius 1 is 0.492 bits per heavy atom. The summed E-state index contributed by atoms with van der Waals surface area (Å²) in [6.07, 6.45) is 34.8. The van der Waals surface area contributed by atoms with Crippen LogP contribution in [0.4, 0.5) is 0 Å². The van der Waals surface area contributed by atoms with E-state index in [0.29, 0.717) is 12.8 Å². The van der Waals surface area contributed by atoms with Crippen LogP contribution in [0.2, 0.25) is 0 Å². The lowest BCUT2D eigenvalue weighted by atomic mass is 9.85. The van der Waals surface area contributed by atoms with Crippen molar-refractivity contribution >= 4 is 19.8 Å². The van der Waals surface area contributed by atoms with Crippen LogP contribution in [-0.4, -0.2) is 98.3 Å². The van der Waals surface area contributed by atoms with Gasteiger partial charge in [-0.3, -0.25) is 18.6 Å². The van der Waals surface area contributed by atoms with Crippen molar-refractivity contribution in [3.05, 3.63) is 36.5 Å². The number of allylic oxidation sites excluding steroid dienone is 6. The molecule has 1 fully saturated rings. The zero-order chi connectivity index (χ0) is 47.8. The number of phosphoric ester groups is 1. The Labute approximate surface area is 393 Å². The Kier molecular flexibility index (Phi) is 38.6. The third-order valence-corrected chi connectivity index (χ3v) is 13.0. The van der Waals surface area contributed by atoms with Crippen molar-refractivity contribution in [1.82, 2.24) is 0 Å².